The van der Waals surface area contributed by atoms with Crippen LogP contribution in [0.1, 0.15) is 33.2 Å². The number of aromatic nitrogens is 1. The predicted octanol–water partition coefficient (Wildman–Crippen LogP) is 5.29. The van der Waals surface area contributed by atoms with Gasteiger partial charge in [-0.05, 0) is 48.0 Å². The number of para-hydroxylation sites is 1. The van der Waals surface area contributed by atoms with Crippen molar-refractivity contribution in [1.82, 2.24) is 9.88 Å². The summed E-state index contributed by atoms with van der Waals surface area (Å²) in [6.07, 6.45) is 2.34. The normalized spacial score (nSPS) is 16.8. The number of aliphatic imine (C=N–C) groups is 1. The maximum Gasteiger partial charge on any atom is 0.251 e. The molecule has 1 amide bonds. The summed E-state index contributed by atoms with van der Waals surface area (Å²) in [4.78, 5) is 18.2. The number of fused-ring (bicyclic) bond motifs is 3. The first-order chi connectivity index (χ1) is 17.3. The molecule has 1 atom stereocenters. The van der Waals surface area contributed by atoms with Gasteiger partial charge in [0.2, 0.25) is 0 Å². The van der Waals surface area contributed by atoms with E-state index in [0.717, 1.165) is 45.5 Å². The van der Waals surface area contributed by atoms with Crippen LogP contribution in [0.15, 0.2) is 102 Å². The van der Waals surface area contributed by atoms with Crippen molar-refractivity contribution in [2.75, 3.05) is 18.1 Å². The first-order valence-corrected chi connectivity index (χ1v) is 12.9. The number of thioether (sulfide) groups is 1. The van der Waals surface area contributed by atoms with Gasteiger partial charge in [-0.15, -0.1) is 0 Å². The molecule has 1 N–H and O–H groups in total. The van der Waals surface area contributed by atoms with Crippen molar-refractivity contribution in [1.29, 1.82) is 0 Å². The maximum atomic E-state index is 13.0. The molecule has 0 spiro atoms. The second-order valence-electron chi connectivity index (χ2n) is 8.70. The number of benzene rings is 3. The third kappa shape index (κ3) is 4.37. The zero-order chi connectivity index (χ0) is 23.6. The van der Waals surface area contributed by atoms with Gasteiger partial charge in [-0.3, -0.25) is 9.79 Å². The standard InChI is InChI=1S/C29H25N3O2S/c33-29(21-12-14-22(15-13-21)34-23-18-35-19-23)30-17-25-27-11-6-16-32(27)26-10-5-4-9-24(26)28(31-25)20-7-2-1-3-8-20/h1-16,23,28H,17-19H2,(H,30,33). The number of hydrogen-bond donors (Lipinski definition) is 1. The molecule has 0 radical (unpaired) electrons. The van der Waals surface area contributed by atoms with E-state index in [1.807, 2.05) is 60.3 Å². The molecule has 6 rings (SSSR count). The summed E-state index contributed by atoms with van der Waals surface area (Å²) in [5.41, 5.74) is 5.79. The summed E-state index contributed by atoms with van der Waals surface area (Å²) in [5.74, 6) is 2.73. The third-order valence-electron chi connectivity index (χ3n) is 6.38. The number of nitrogens with zero attached hydrogens (tertiary/aromatic N) is 2. The van der Waals surface area contributed by atoms with Crippen molar-refractivity contribution in [2.24, 2.45) is 4.99 Å². The van der Waals surface area contributed by atoms with Crippen LogP contribution in [0.25, 0.3) is 5.69 Å². The zero-order valence-corrected chi connectivity index (χ0v) is 19.9. The van der Waals surface area contributed by atoms with Crippen LogP contribution in [0, 0.1) is 0 Å². The predicted molar refractivity (Wildman–Crippen MR) is 141 cm³/mol. The van der Waals surface area contributed by atoms with Crippen LogP contribution in [0.3, 0.4) is 0 Å². The minimum atomic E-state index is -0.152. The lowest BCUT2D eigenvalue weighted by atomic mass is 9.97. The Morgan fingerprint density at radius 3 is 2.49 bits per heavy atom. The fourth-order valence-electron chi connectivity index (χ4n) is 4.51. The maximum absolute atomic E-state index is 13.0. The summed E-state index contributed by atoms with van der Waals surface area (Å²) in [7, 11) is 0. The Morgan fingerprint density at radius 2 is 1.71 bits per heavy atom. The highest BCUT2D eigenvalue weighted by atomic mass is 32.2. The van der Waals surface area contributed by atoms with Crippen molar-refractivity contribution in [3.63, 3.8) is 0 Å². The first kappa shape index (κ1) is 21.7. The van der Waals surface area contributed by atoms with Gasteiger partial charge in [0.1, 0.15) is 17.9 Å². The lowest BCUT2D eigenvalue weighted by Crippen LogP contribution is -2.31. The Morgan fingerprint density at radius 1 is 0.943 bits per heavy atom. The van der Waals surface area contributed by atoms with Crippen molar-refractivity contribution in [3.05, 3.63) is 120 Å². The third-order valence-corrected chi connectivity index (χ3v) is 7.59. The minimum absolute atomic E-state index is 0.130. The Kier molecular flexibility index (Phi) is 5.88. The van der Waals surface area contributed by atoms with Crippen molar-refractivity contribution in [2.45, 2.75) is 12.1 Å². The van der Waals surface area contributed by atoms with Gasteiger partial charge in [0.15, 0.2) is 0 Å². The molecule has 3 heterocycles. The molecule has 0 aliphatic carbocycles. The van der Waals surface area contributed by atoms with Crippen molar-refractivity contribution in [3.8, 4) is 11.4 Å². The van der Waals surface area contributed by atoms with Crippen molar-refractivity contribution >= 4 is 23.4 Å². The van der Waals surface area contributed by atoms with Crippen molar-refractivity contribution < 1.29 is 9.53 Å². The molecule has 1 unspecified atom stereocenters. The Bertz CT molecular complexity index is 1370. The minimum Gasteiger partial charge on any atom is -0.489 e. The summed E-state index contributed by atoms with van der Waals surface area (Å²) >= 11 is 1.88. The number of hydrogen-bond acceptors (Lipinski definition) is 4. The topological polar surface area (TPSA) is 55.6 Å². The summed E-state index contributed by atoms with van der Waals surface area (Å²) in [6, 6.07) is 30.0. The first-order valence-electron chi connectivity index (χ1n) is 11.8. The monoisotopic (exact) mass is 479 g/mol. The van der Waals surface area contributed by atoms with E-state index in [2.05, 4.69) is 58.5 Å². The highest BCUT2D eigenvalue weighted by molar-refractivity contribution is 8.00. The van der Waals surface area contributed by atoms with Crippen LogP contribution in [0.4, 0.5) is 0 Å². The van der Waals surface area contributed by atoms with Crippen LogP contribution in [-0.2, 0) is 0 Å². The Labute approximate surface area is 208 Å². The molecule has 5 nitrogen and oxygen atoms in total. The summed E-state index contributed by atoms with van der Waals surface area (Å²) in [6.45, 7) is 0.331. The second kappa shape index (κ2) is 9.47. The van der Waals surface area contributed by atoms with E-state index in [1.54, 1.807) is 0 Å². The average molecular weight is 480 g/mol. The van der Waals surface area contributed by atoms with Crippen LogP contribution < -0.4 is 10.1 Å². The molecule has 35 heavy (non-hydrogen) atoms. The second-order valence-corrected chi connectivity index (χ2v) is 9.77. The number of carbonyl (C=O) groups is 1. The lowest BCUT2D eigenvalue weighted by Gasteiger charge is -2.25. The molecule has 0 bridgehead atoms. The van der Waals surface area contributed by atoms with Crippen LogP contribution in [-0.4, -0.2) is 40.3 Å². The molecular weight excluding hydrogens is 454 g/mol. The van der Waals surface area contributed by atoms with Gasteiger partial charge in [0, 0.05) is 28.8 Å². The molecule has 3 aromatic carbocycles. The Balaban J connectivity index is 1.27. The zero-order valence-electron chi connectivity index (χ0n) is 19.1. The lowest BCUT2D eigenvalue weighted by molar-refractivity contribution is 0.0959. The molecule has 0 saturated carbocycles. The van der Waals surface area contributed by atoms with E-state index in [1.165, 1.54) is 0 Å². The van der Waals surface area contributed by atoms with Crippen LogP contribution in [0.2, 0.25) is 0 Å². The number of rotatable bonds is 6. The fraction of sp³-hybridized carbons (Fsp3) is 0.172. The van der Waals surface area contributed by atoms with Gasteiger partial charge >= 0.3 is 0 Å². The van der Waals surface area contributed by atoms with E-state index < -0.39 is 0 Å². The molecular formula is C29H25N3O2S. The average Bonchev–Trinajstić information content (AvgIpc) is 3.32. The number of nitrogens with one attached hydrogen (secondary N) is 1. The molecule has 1 fully saturated rings. The molecule has 2 aliphatic rings. The van der Waals surface area contributed by atoms with E-state index in [0.29, 0.717) is 12.1 Å². The summed E-state index contributed by atoms with van der Waals surface area (Å²) in [5, 5.41) is 3.08. The number of amides is 1. The molecule has 174 valence electrons. The van der Waals surface area contributed by atoms with Gasteiger partial charge in [-0.1, -0.05) is 48.5 Å². The van der Waals surface area contributed by atoms with Gasteiger partial charge in [0.05, 0.1) is 23.6 Å². The highest BCUT2D eigenvalue weighted by Crippen LogP contribution is 2.34. The van der Waals surface area contributed by atoms with Crippen LogP contribution in [0.5, 0.6) is 5.75 Å². The van der Waals surface area contributed by atoms with Gasteiger partial charge in [-0.2, -0.15) is 11.8 Å². The number of ether oxygens (including phenoxy) is 1. The van der Waals surface area contributed by atoms with E-state index in [9.17, 15) is 4.79 Å². The van der Waals surface area contributed by atoms with Gasteiger partial charge in [0.25, 0.3) is 5.91 Å². The van der Waals surface area contributed by atoms with Crippen LogP contribution >= 0.6 is 11.8 Å². The largest absolute Gasteiger partial charge is 0.489 e. The molecule has 2 aliphatic heterocycles. The smallest absolute Gasteiger partial charge is 0.251 e. The van der Waals surface area contributed by atoms with E-state index in [-0.39, 0.29) is 18.1 Å². The van der Waals surface area contributed by atoms with Gasteiger partial charge < -0.3 is 14.6 Å². The van der Waals surface area contributed by atoms with Gasteiger partial charge in [-0.25, -0.2) is 0 Å². The number of carbonyl (C=O) groups excluding carboxylic acids is 1. The van der Waals surface area contributed by atoms with E-state index in [4.69, 9.17) is 9.73 Å². The van der Waals surface area contributed by atoms with E-state index >= 15 is 0 Å². The highest BCUT2D eigenvalue weighted by Gasteiger charge is 2.25. The summed E-state index contributed by atoms with van der Waals surface area (Å²) < 4.78 is 8.06. The molecule has 1 aromatic heterocycles. The fourth-order valence-corrected chi connectivity index (χ4v) is 5.07. The molecule has 1 saturated heterocycles. The quantitative estimate of drug-likeness (QED) is 0.409. The molecule has 4 aromatic rings. The Hall–Kier alpha value is -3.77. The SMILES string of the molecule is O=C(NCC1=NC(c2ccccc2)c2ccccc2-n2cccc21)c1ccc(OC2CSC2)cc1. The molecule has 6 heteroatoms.